The Morgan fingerprint density at radius 2 is 1.89 bits per heavy atom. The van der Waals surface area contributed by atoms with Crippen LogP contribution in [0.3, 0.4) is 0 Å². The van der Waals surface area contributed by atoms with Gasteiger partial charge in [0.05, 0.1) is 11.4 Å². The van der Waals surface area contributed by atoms with Gasteiger partial charge in [0, 0.05) is 18.9 Å². The summed E-state index contributed by atoms with van der Waals surface area (Å²) in [4.78, 5) is 25.7. The number of hydrogen-bond acceptors (Lipinski definition) is 4. The summed E-state index contributed by atoms with van der Waals surface area (Å²) in [7, 11) is 0. The van der Waals surface area contributed by atoms with Crippen molar-refractivity contribution in [3.8, 4) is 0 Å². The third-order valence-corrected chi connectivity index (χ3v) is 5.31. The zero-order valence-electron chi connectivity index (χ0n) is 16.0. The molecule has 0 fully saturated rings. The lowest BCUT2D eigenvalue weighted by molar-refractivity contribution is -0.124. The number of carbonyl (C=O) groups excluding carboxylic acids is 2. The summed E-state index contributed by atoms with van der Waals surface area (Å²) in [5.41, 5.74) is 2.12. The average molecular weight is 397 g/mol. The van der Waals surface area contributed by atoms with Crippen LogP contribution in [0.2, 0.25) is 0 Å². The van der Waals surface area contributed by atoms with E-state index in [-0.39, 0.29) is 17.7 Å². The van der Waals surface area contributed by atoms with Gasteiger partial charge in [-0.15, -0.1) is 11.3 Å². The minimum atomic E-state index is -0.590. The van der Waals surface area contributed by atoms with Gasteiger partial charge in [-0.2, -0.15) is 5.10 Å². The van der Waals surface area contributed by atoms with E-state index in [2.05, 4.69) is 15.7 Å². The molecule has 0 bridgehead atoms. The smallest absolute Gasteiger partial charge is 0.262 e. The third kappa shape index (κ3) is 5.07. The first kappa shape index (κ1) is 19.8. The van der Waals surface area contributed by atoms with Crippen LogP contribution < -0.4 is 10.6 Å². The summed E-state index contributed by atoms with van der Waals surface area (Å²) in [5, 5.41) is 11.9. The van der Waals surface area contributed by atoms with Crippen LogP contribution in [0.25, 0.3) is 0 Å². The normalized spacial score (nSPS) is 12.0. The quantitative estimate of drug-likeness (QED) is 0.614. The third-order valence-electron chi connectivity index (χ3n) is 4.44. The SMILES string of the molecule is CC(C)C(NC(=O)c1cccs1)C(=O)NCc1ccccc1Cn1cccn1. The van der Waals surface area contributed by atoms with Gasteiger partial charge in [-0.25, -0.2) is 0 Å². The number of aromatic nitrogens is 2. The number of carbonyl (C=O) groups is 2. The van der Waals surface area contributed by atoms with Crippen molar-refractivity contribution >= 4 is 23.2 Å². The maximum atomic E-state index is 12.8. The van der Waals surface area contributed by atoms with Gasteiger partial charge in [-0.1, -0.05) is 44.2 Å². The minimum Gasteiger partial charge on any atom is -0.350 e. The minimum absolute atomic E-state index is 0.0248. The number of benzene rings is 1. The van der Waals surface area contributed by atoms with E-state index in [0.29, 0.717) is 18.0 Å². The van der Waals surface area contributed by atoms with Crippen LogP contribution in [0, 0.1) is 5.92 Å². The van der Waals surface area contributed by atoms with E-state index in [1.807, 2.05) is 66.5 Å². The number of nitrogens with one attached hydrogen (secondary N) is 2. The molecular weight excluding hydrogens is 372 g/mol. The molecule has 0 aliphatic carbocycles. The first-order chi connectivity index (χ1) is 13.5. The van der Waals surface area contributed by atoms with Gasteiger partial charge in [-0.05, 0) is 34.6 Å². The highest BCUT2D eigenvalue weighted by atomic mass is 32.1. The van der Waals surface area contributed by atoms with E-state index in [0.717, 1.165) is 11.1 Å². The predicted molar refractivity (Wildman–Crippen MR) is 110 cm³/mol. The highest BCUT2D eigenvalue weighted by Crippen LogP contribution is 2.12. The Kier molecular flexibility index (Phi) is 6.60. The summed E-state index contributed by atoms with van der Waals surface area (Å²) in [6.45, 7) is 4.88. The molecule has 3 rings (SSSR count). The number of amides is 2. The Morgan fingerprint density at radius 3 is 2.54 bits per heavy atom. The van der Waals surface area contributed by atoms with Gasteiger partial charge in [-0.3, -0.25) is 14.3 Å². The molecule has 2 amide bonds. The van der Waals surface area contributed by atoms with Gasteiger partial charge in [0.25, 0.3) is 5.91 Å². The maximum Gasteiger partial charge on any atom is 0.262 e. The fraction of sp³-hybridized carbons (Fsp3) is 0.286. The molecule has 2 aromatic heterocycles. The number of nitrogens with zero attached hydrogens (tertiary/aromatic N) is 2. The van der Waals surface area contributed by atoms with E-state index in [9.17, 15) is 9.59 Å². The molecule has 0 radical (unpaired) electrons. The average Bonchev–Trinajstić information content (AvgIpc) is 3.38. The van der Waals surface area contributed by atoms with Crippen LogP contribution in [-0.2, 0) is 17.9 Å². The molecule has 0 saturated heterocycles. The van der Waals surface area contributed by atoms with Crippen LogP contribution in [0.1, 0.15) is 34.6 Å². The van der Waals surface area contributed by atoms with E-state index in [1.165, 1.54) is 11.3 Å². The fourth-order valence-corrected chi connectivity index (χ4v) is 3.53. The summed E-state index contributed by atoms with van der Waals surface area (Å²) >= 11 is 1.36. The largest absolute Gasteiger partial charge is 0.350 e. The Morgan fingerprint density at radius 1 is 1.11 bits per heavy atom. The van der Waals surface area contributed by atoms with Crippen LogP contribution in [-0.4, -0.2) is 27.6 Å². The van der Waals surface area contributed by atoms with Crippen LogP contribution >= 0.6 is 11.3 Å². The van der Waals surface area contributed by atoms with Crippen molar-refractivity contribution in [1.29, 1.82) is 0 Å². The summed E-state index contributed by atoms with van der Waals surface area (Å²) in [6.07, 6.45) is 3.65. The second kappa shape index (κ2) is 9.32. The number of thiophene rings is 1. The molecule has 146 valence electrons. The Bertz CT molecular complexity index is 904. The summed E-state index contributed by atoms with van der Waals surface area (Å²) < 4.78 is 1.85. The molecule has 1 aromatic carbocycles. The van der Waals surface area contributed by atoms with E-state index in [4.69, 9.17) is 0 Å². The molecule has 7 heteroatoms. The van der Waals surface area contributed by atoms with Crippen LogP contribution in [0.4, 0.5) is 0 Å². The number of hydrogen-bond donors (Lipinski definition) is 2. The van der Waals surface area contributed by atoms with Crippen molar-refractivity contribution in [3.63, 3.8) is 0 Å². The highest BCUT2D eigenvalue weighted by Gasteiger charge is 2.25. The first-order valence-corrected chi connectivity index (χ1v) is 10.1. The molecular formula is C21H24N4O2S. The molecule has 2 N–H and O–H groups in total. The summed E-state index contributed by atoms with van der Waals surface area (Å²) in [6, 6.07) is 12.8. The molecule has 0 aliphatic heterocycles. The molecule has 6 nitrogen and oxygen atoms in total. The van der Waals surface area contributed by atoms with Crippen molar-refractivity contribution in [2.45, 2.75) is 33.0 Å². The Balaban J connectivity index is 1.64. The first-order valence-electron chi connectivity index (χ1n) is 9.21. The van der Waals surface area contributed by atoms with E-state index in [1.54, 1.807) is 12.3 Å². The van der Waals surface area contributed by atoms with Crippen molar-refractivity contribution < 1.29 is 9.59 Å². The van der Waals surface area contributed by atoms with Gasteiger partial charge < -0.3 is 10.6 Å². The number of rotatable bonds is 8. The maximum absolute atomic E-state index is 12.8. The van der Waals surface area contributed by atoms with Crippen molar-refractivity contribution in [1.82, 2.24) is 20.4 Å². The van der Waals surface area contributed by atoms with Gasteiger partial charge in [0.1, 0.15) is 6.04 Å². The van der Waals surface area contributed by atoms with Gasteiger partial charge >= 0.3 is 0 Å². The predicted octanol–water partition coefficient (Wildman–Crippen LogP) is 3.06. The molecule has 3 aromatic rings. The second-order valence-electron chi connectivity index (χ2n) is 6.86. The lowest BCUT2D eigenvalue weighted by atomic mass is 10.0. The van der Waals surface area contributed by atoms with Gasteiger partial charge in [0.15, 0.2) is 0 Å². The van der Waals surface area contributed by atoms with Crippen LogP contribution in [0.15, 0.2) is 60.2 Å². The van der Waals surface area contributed by atoms with Crippen LogP contribution in [0.5, 0.6) is 0 Å². The van der Waals surface area contributed by atoms with Crippen molar-refractivity contribution in [3.05, 3.63) is 76.2 Å². The fourth-order valence-electron chi connectivity index (χ4n) is 2.90. The van der Waals surface area contributed by atoms with Crippen molar-refractivity contribution in [2.24, 2.45) is 5.92 Å². The van der Waals surface area contributed by atoms with Gasteiger partial charge in [0.2, 0.25) is 5.91 Å². The Labute approximate surface area is 168 Å². The standard InChI is InChI=1S/C21H24N4O2S/c1-15(2)19(24-20(26)18-9-5-12-28-18)21(27)22-13-16-7-3-4-8-17(16)14-25-11-6-10-23-25/h3-12,15,19H,13-14H2,1-2H3,(H,22,27)(H,24,26). The molecule has 0 aliphatic rings. The summed E-state index contributed by atoms with van der Waals surface area (Å²) in [5.74, 6) is -0.431. The van der Waals surface area contributed by atoms with E-state index >= 15 is 0 Å². The van der Waals surface area contributed by atoms with E-state index < -0.39 is 6.04 Å². The molecule has 0 spiro atoms. The lowest BCUT2D eigenvalue weighted by Gasteiger charge is -2.22. The molecule has 1 unspecified atom stereocenters. The highest BCUT2D eigenvalue weighted by molar-refractivity contribution is 7.12. The lowest BCUT2D eigenvalue weighted by Crippen LogP contribution is -2.49. The molecule has 0 saturated carbocycles. The molecule has 1 atom stereocenters. The second-order valence-corrected chi connectivity index (χ2v) is 7.81. The molecule has 28 heavy (non-hydrogen) atoms. The zero-order chi connectivity index (χ0) is 19.9. The van der Waals surface area contributed by atoms with Crippen molar-refractivity contribution in [2.75, 3.05) is 0 Å². The monoisotopic (exact) mass is 396 g/mol. The zero-order valence-corrected chi connectivity index (χ0v) is 16.8. The Hall–Kier alpha value is -2.93. The molecule has 2 heterocycles. The topological polar surface area (TPSA) is 76.0 Å².